The van der Waals surface area contributed by atoms with Crippen molar-refractivity contribution in [1.82, 2.24) is 4.72 Å². The summed E-state index contributed by atoms with van der Waals surface area (Å²) in [6, 6.07) is 4.52. The van der Waals surface area contributed by atoms with E-state index >= 15 is 0 Å². The van der Waals surface area contributed by atoms with Crippen LogP contribution in [0.15, 0.2) is 23.1 Å². The molecule has 0 heterocycles. The zero-order chi connectivity index (χ0) is 15.3. The molecule has 0 spiro atoms. The molecule has 0 atom stereocenters. The molecule has 1 aliphatic rings. The molecule has 0 bridgehead atoms. The van der Waals surface area contributed by atoms with Crippen molar-refractivity contribution >= 4 is 10.0 Å². The van der Waals surface area contributed by atoms with Gasteiger partial charge >= 0.3 is 0 Å². The van der Waals surface area contributed by atoms with Crippen molar-refractivity contribution in [1.29, 1.82) is 0 Å². The van der Waals surface area contributed by atoms with Crippen LogP contribution in [0.25, 0.3) is 0 Å². The molecule has 0 radical (unpaired) electrons. The van der Waals surface area contributed by atoms with Crippen LogP contribution in [-0.4, -0.2) is 27.2 Å². The average molecular weight is 313 g/mol. The molecule has 0 aromatic heterocycles. The molecule has 0 aliphatic heterocycles. The zero-order valence-corrected chi connectivity index (χ0v) is 13.2. The Bertz CT molecular complexity index is 565. The van der Waals surface area contributed by atoms with Crippen molar-refractivity contribution in [3.63, 3.8) is 0 Å². The summed E-state index contributed by atoms with van der Waals surface area (Å²) in [5.74, 6) is 1.14. The molecular formula is C15H23NO4S. The third-order valence-corrected chi connectivity index (χ3v) is 5.51. The molecule has 2 rings (SSSR count). The minimum atomic E-state index is -3.53. The normalized spacial score (nSPS) is 16.3. The van der Waals surface area contributed by atoms with Gasteiger partial charge in [0.15, 0.2) is 0 Å². The van der Waals surface area contributed by atoms with E-state index in [0.29, 0.717) is 23.8 Å². The van der Waals surface area contributed by atoms with Gasteiger partial charge in [0.05, 0.1) is 18.6 Å². The van der Waals surface area contributed by atoms with E-state index in [0.717, 1.165) is 6.42 Å². The van der Waals surface area contributed by atoms with Crippen LogP contribution in [0.4, 0.5) is 0 Å². The van der Waals surface area contributed by atoms with Crippen molar-refractivity contribution < 1.29 is 18.3 Å². The molecule has 1 aromatic carbocycles. The van der Waals surface area contributed by atoms with Crippen LogP contribution in [0.1, 0.15) is 37.7 Å². The Labute approximate surface area is 126 Å². The van der Waals surface area contributed by atoms with Crippen LogP contribution in [-0.2, 0) is 16.6 Å². The molecule has 1 aliphatic carbocycles. The highest BCUT2D eigenvalue weighted by Gasteiger charge is 2.18. The van der Waals surface area contributed by atoms with E-state index in [2.05, 4.69) is 4.72 Å². The number of hydrogen-bond donors (Lipinski definition) is 2. The summed E-state index contributed by atoms with van der Waals surface area (Å²) in [5.41, 5.74) is 0.469. The Morgan fingerprint density at radius 2 is 2.05 bits per heavy atom. The quantitative estimate of drug-likeness (QED) is 0.808. The van der Waals surface area contributed by atoms with Crippen LogP contribution >= 0.6 is 0 Å². The highest BCUT2D eigenvalue weighted by Crippen LogP contribution is 2.27. The van der Waals surface area contributed by atoms with Crippen molar-refractivity contribution in [3.05, 3.63) is 23.8 Å². The number of nitrogens with one attached hydrogen (secondary N) is 1. The lowest BCUT2D eigenvalue weighted by Crippen LogP contribution is -2.26. The van der Waals surface area contributed by atoms with E-state index in [1.807, 2.05) is 0 Å². The van der Waals surface area contributed by atoms with E-state index in [-0.39, 0.29) is 11.5 Å². The largest absolute Gasteiger partial charge is 0.496 e. The molecule has 0 saturated heterocycles. The number of rotatable bonds is 7. The SMILES string of the molecule is COc1ccc(S(=O)(=O)NCCC2CCCC2)cc1CO. The van der Waals surface area contributed by atoms with Crippen molar-refractivity contribution in [2.24, 2.45) is 5.92 Å². The van der Waals surface area contributed by atoms with Crippen molar-refractivity contribution in [2.75, 3.05) is 13.7 Å². The second kappa shape index (κ2) is 7.24. The molecule has 118 valence electrons. The minimum Gasteiger partial charge on any atom is -0.496 e. The number of benzene rings is 1. The lowest BCUT2D eigenvalue weighted by Gasteiger charge is -2.12. The highest BCUT2D eigenvalue weighted by molar-refractivity contribution is 7.89. The summed E-state index contributed by atoms with van der Waals surface area (Å²) in [7, 11) is -2.04. The summed E-state index contributed by atoms with van der Waals surface area (Å²) in [6.45, 7) is 0.210. The van der Waals surface area contributed by atoms with Gasteiger partial charge in [-0.15, -0.1) is 0 Å². The predicted octanol–water partition coefficient (Wildman–Crippen LogP) is 2.05. The van der Waals surface area contributed by atoms with Gasteiger partial charge in [-0.05, 0) is 30.5 Å². The van der Waals surface area contributed by atoms with E-state index in [4.69, 9.17) is 4.74 Å². The van der Waals surface area contributed by atoms with E-state index in [1.165, 1.54) is 44.9 Å². The third kappa shape index (κ3) is 4.18. The standard InChI is InChI=1S/C15H23NO4S/c1-20-15-7-6-14(10-13(15)11-17)21(18,19)16-9-8-12-4-2-3-5-12/h6-7,10,12,16-17H,2-5,8-9,11H2,1H3. The molecular weight excluding hydrogens is 290 g/mol. The van der Waals surface area contributed by atoms with Crippen LogP contribution in [0.2, 0.25) is 0 Å². The van der Waals surface area contributed by atoms with E-state index in [1.54, 1.807) is 6.07 Å². The summed E-state index contributed by atoms with van der Waals surface area (Å²) in [4.78, 5) is 0.166. The highest BCUT2D eigenvalue weighted by atomic mass is 32.2. The number of hydrogen-bond acceptors (Lipinski definition) is 4. The van der Waals surface area contributed by atoms with Gasteiger partial charge in [0.2, 0.25) is 10.0 Å². The summed E-state index contributed by atoms with van der Waals surface area (Å²) in [6.07, 6.45) is 5.83. The topological polar surface area (TPSA) is 75.6 Å². The number of ether oxygens (including phenoxy) is 1. The van der Waals surface area contributed by atoms with Crippen LogP contribution < -0.4 is 9.46 Å². The van der Waals surface area contributed by atoms with Gasteiger partial charge in [-0.1, -0.05) is 25.7 Å². The molecule has 1 saturated carbocycles. The average Bonchev–Trinajstić information content (AvgIpc) is 2.99. The first-order valence-electron chi connectivity index (χ1n) is 7.34. The van der Waals surface area contributed by atoms with Crippen molar-refractivity contribution in [2.45, 2.75) is 43.6 Å². The van der Waals surface area contributed by atoms with Gasteiger partial charge in [0.25, 0.3) is 0 Å². The van der Waals surface area contributed by atoms with Crippen molar-refractivity contribution in [3.8, 4) is 5.75 Å². The first-order chi connectivity index (χ1) is 10.1. The van der Waals surface area contributed by atoms with Crippen LogP contribution in [0.3, 0.4) is 0 Å². The maximum absolute atomic E-state index is 12.2. The molecule has 2 N–H and O–H groups in total. The van der Waals surface area contributed by atoms with Gasteiger partial charge in [-0.3, -0.25) is 0 Å². The minimum absolute atomic E-state index is 0.166. The van der Waals surface area contributed by atoms with E-state index < -0.39 is 10.0 Å². The van der Waals surface area contributed by atoms with Gasteiger partial charge in [-0.2, -0.15) is 0 Å². The Morgan fingerprint density at radius 1 is 1.33 bits per heavy atom. The fourth-order valence-corrected chi connectivity index (χ4v) is 3.92. The maximum atomic E-state index is 12.2. The number of aliphatic hydroxyl groups is 1. The first kappa shape index (κ1) is 16.3. The van der Waals surface area contributed by atoms with Gasteiger partial charge in [-0.25, -0.2) is 13.1 Å². The van der Waals surface area contributed by atoms with Crippen LogP contribution in [0.5, 0.6) is 5.75 Å². The monoisotopic (exact) mass is 313 g/mol. The molecule has 5 nitrogen and oxygen atoms in total. The fourth-order valence-electron chi connectivity index (χ4n) is 2.83. The van der Waals surface area contributed by atoms with Crippen LogP contribution in [0, 0.1) is 5.92 Å². The lowest BCUT2D eigenvalue weighted by molar-refractivity contribution is 0.273. The Balaban J connectivity index is 2.01. The second-order valence-corrected chi connectivity index (χ2v) is 7.24. The Kier molecular flexibility index (Phi) is 5.61. The first-order valence-corrected chi connectivity index (χ1v) is 8.82. The fraction of sp³-hybridized carbons (Fsp3) is 0.600. The van der Waals surface area contributed by atoms with E-state index in [9.17, 15) is 13.5 Å². The number of methoxy groups -OCH3 is 1. The van der Waals surface area contributed by atoms with Gasteiger partial charge < -0.3 is 9.84 Å². The molecule has 6 heteroatoms. The van der Waals surface area contributed by atoms with Gasteiger partial charge in [0, 0.05) is 12.1 Å². The van der Waals surface area contributed by atoms with Gasteiger partial charge in [0.1, 0.15) is 5.75 Å². The molecule has 0 unspecified atom stereocenters. The lowest BCUT2D eigenvalue weighted by atomic mass is 10.1. The number of sulfonamides is 1. The summed E-state index contributed by atoms with van der Waals surface area (Å²) < 4.78 is 32.2. The predicted molar refractivity (Wildman–Crippen MR) is 80.7 cm³/mol. The second-order valence-electron chi connectivity index (χ2n) is 5.47. The molecule has 0 amide bonds. The maximum Gasteiger partial charge on any atom is 0.240 e. The molecule has 21 heavy (non-hydrogen) atoms. The number of aliphatic hydroxyl groups excluding tert-OH is 1. The Morgan fingerprint density at radius 3 is 2.67 bits per heavy atom. The Hall–Kier alpha value is -1.11. The molecule has 1 aromatic rings. The molecule has 1 fully saturated rings. The third-order valence-electron chi connectivity index (χ3n) is 4.05. The summed E-state index contributed by atoms with van der Waals surface area (Å²) >= 11 is 0. The summed E-state index contributed by atoms with van der Waals surface area (Å²) in [5, 5.41) is 9.26. The smallest absolute Gasteiger partial charge is 0.240 e. The zero-order valence-electron chi connectivity index (χ0n) is 12.3.